The molecule has 0 saturated carbocycles. The Hall–Kier alpha value is -1.88. The van der Waals surface area contributed by atoms with Crippen LogP contribution >= 0.6 is 11.8 Å². The van der Waals surface area contributed by atoms with E-state index in [1.807, 2.05) is 19.1 Å². The van der Waals surface area contributed by atoms with Gasteiger partial charge in [-0.05, 0) is 30.7 Å². The Bertz CT molecular complexity index is 573. The first-order valence-electron chi connectivity index (χ1n) is 6.01. The van der Waals surface area contributed by atoms with Crippen LogP contribution in [0.15, 0.2) is 46.6 Å². The van der Waals surface area contributed by atoms with Crippen LogP contribution in [0.4, 0.5) is 0 Å². The average Bonchev–Trinajstić information content (AvgIpc) is 2.40. The molecule has 0 bridgehead atoms. The third-order valence-electron chi connectivity index (χ3n) is 2.48. The number of aromatic carboxylic acids is 1. The second-order valence-electron chi connectivity index (χ2n) is 4.03. The summed E-state index contributed by atoms with van der Waals surface area (Å²) in [5.41, 5.74) is 1.11. The van der Waals surface area contributed by atoms with Crippen molar-refractivity contribution in [2.75, 3.05) is 0 Å². The van der Waals surface area contributed by atoms with Gasteiger partial charge in [-0.3, -0.25) is 4.98 Å². The molecule has 0 aliphatic carbocycles. The number of aromatic nitrogens is 2. The zero-order chi connectivity index (χ0) is 13.7. The number of carboxylic acid groups (broad SMARTS) is 1. The molecule has 2 aromatic rings. The standard InChI is InChI=1S/C14H14N2O2S/c1-2-3-11-8-10(14(17)18)9-13(16-11)19-12-4-6-15-7-5-12/h4-9H,2-3H2,1H3,(H,17,18). The Morgan fingerprint density at radius 2 is 2.05 bits per heavy atom. The molecule has 0 radical (unpaired) electrons. The van der Waals surface area contributed by atoms with Crippen molar-refractivity contribution in [3.8, 4) is 0 Å². The van der Waals surface area contributed by atoms with Crippen LogP contribution in [0, 0.1) is 0 Å². The van der Waals surface area contributed by atoms with Gasteiger partial charge in [-0.25, -0.2) is 9.78 Å². The molecule has 5 heteroatoms. The summed E-state index contributed by atoms with van der Waals surface area (Å²) in [4.78, 5) is 20.5. The second kappa shape index (κ2) is 6.33. The van der Waals surface area contributed by atoms with Crippen molar-refractivity contribution in [1.82, 2.24) is 9.97 Å². The Balaban J connectivity index is 2.31. The molecule has 2 heterocycles. The van der Waals surface area contributed by atoms with Gasteiger partial charge >= 0.3 is 5.97 Å². The monoisotopic (exact) mass is 274 g/mol. The molecule has 0 aliphatic heterocycles. The van der Waals surface area contributed by atoms with Crippen LogP contribution in [-0.4, -0.2) is 21.0 Å². The molecule has 0 unspecified atom stereocenters. The molecule has 0 aliphatic rings. The maximum atomic E-state index is 11.1. The highest BCUT2D eigenvalue weighted by molar-refractivity contribution is 7.99. The number of hydrogen-bond acceptors (Lipinski definition) is 4. The number of carboxylic acids is 1. The molecule has 2 rings (SSSR count). The van der Waals surface area contributed by atoms with Crippen molar-refractivity contribution in [1.29, 1.82) is 0 Å². The van der Waals surface area contributed by atoms with Gasteiger partial charge in [0.2, 0.25) is 0 Å². The van der Waals surface area contributed by atoms with Crippen LogP contribution < -0.4 is 0 Å². The van der Waals surface area contributed by atoms with E-state index in [2.05, 4.69) is 9.97 Å². The largest absolute Gasteiger partial charge is 0.478 e. The zero-order valence-electron chi connectivity index (χ0n) is 10.5. The summed E-state index contributed by atoms with van der Waals surface area (Å²) in [6.07, 6.45) is 5.13. The van der Waals surface area contributed by atoms with Crippen LogP contribution in [-0.2, 0) is 6.42 Å². The first-order chi connectivity index (χ1) is 9.19. The van der Waals surface area contributed by atoms with Crippen molar-refractivity contribution >= 4 is 17.7 Å². The van der Waals surface area contributed by atoms with E-state index in [-0.39, 0.29) is 5.56 Å². The topological polar surface area (TPSA) is 63.1 Å². The molecule has 0 spiro atoms. The summed E-state index contributed by atoms with van der Waals surface area (Å²) in [6, 6.07) is 6.99. The van der Waals surface area contributed by atoms with E-state index >= 15 is 0 Å². The van der Waals surface area contributed by atoms with Gasteiger partial charge in [0.05, 0.1) is 5.56 Å². The average molecular weight is 274 g/mol. The molecule has 0 amide bonds. The quantitative estimate of drug-likeness (QED) is 0.906. The Labute approximate surface area is 115 Å². The highest BCUT2D eigenvalue weighted by Crippen LogP contribution is 2.26. The molecule has 1 N–H and O–H groups in total. The number of pyridine rings is 2. The van der Waals surface area contributed by atoms with Gasteiger partial charge in [0.15, 0.2) is 0 Å². The van der Waals surface area contributed by atoms with Gasteiger partial charge in [-0.2, -0.15) is 0 Å². The summed E-state index contributed by atoms with van der Waals surface area (Å²) >= 11 is 1.44. The molecular formula is C14H14N2O2S. The van der Waals surface area contributed by atoms with E-state index in [4.69, 9.17) is 5.11 Å². The van der Waals surface area contributed by atoms with Crippen molar-refractivity contribution in [3.63, 3.8) is 0 Å². The zero-order valence-corrected chi connectivity index (χ0v) is 11.4. The summed E-state index contributed by atoms with van der Waals surface area (Å²) in [5, 5.41) is 9.82. The molecule has 2 aromatic heterocycles. The first-order valence-corrected chi connectivity index (χ1v) is 6.83. The molecular weight excluding hydrogens is 260 g/mol. The highest BCUT2D eigenvalue weighted by atomic mass is 32.2. The summed E-state index contributed by atoms with van der Waals surface area (Å²) in [6.45, 7) is 2.05. The van der Waals surface area contributed by atoms with Crippen molar-refractivity contribution in [2.24, 2.45) is 0 Å². The lowest BCUT2D eigenvalue weighted by molar-refractivity contribution is 0.0696. The Kier molecular flexibility index (Phi) is 4.52. The fraction of sp³-hybridized carbons (Fsp3) is 0.214. The normalized spacial score (nSPS) is 10.4. The minimum atomic E-state index is -0.920. The molecule has 4 nitrogen and oxygen atoms in total. The SMILES string of the molecule is CCCc1cc(C(=O)O)cc(Sc2ccncc2)n1. The van der Waals surface area contributed by atoms with Gasteiger partial charge in [0.1, 0.15) is 5.03 Å². The maximum Gasteiger partial charge on any atom is 0.335 e. The lowest BCUT2D eigenvalue weighted by atomic mass is 10.2. The summed E-state index contributed by atoms with van der Waals surface area (Å²) in [7, 11) is 0. The first kappa shape index (κ1) is 13.5. The predicted octanol–water partition coefficient (Wildman–Crippen LogP) is 3.28. The molecule has 0 aromatic carbocycles. The minimum Gasteiger partial charge on any atom is -0.478 e. The van der Waals surface area contributed by atoms with Gasteiger partial charge in [0.25, 0.3) is 0 Å². The van der Waals surface area contributed by atoms with E-state index in [1.165, 1.54) is 11.8 Å². The molecule has 0 atom stereocenters. The van der Waals surface area contributed by atoms with Crippen molar-refractivity contribution < 1.29 is 9.90 Å². The predicted molar refractivity (Wildman–Crippen MR) is 73.6 cm³/mol. The summed E-state index contributed by atoms with van der Waals surface area (Å²) in [5.74, 6) is -0.920. The van der Waals surface area contributed by atoms with E-state index in [0.29, 0.717) is 5.03 Å². The van der Waals surface area contributed by atoms with E-state index in [0.717, 1.165) is 23.4 Å². The number of hydrogen-bond donors (Lipinski definition) is 1. The number of nitrogens with zero attached hydrogens (tertiary/aromatic N) is 2. The number of rotatable bonds is 5. The third-order valence-corrected chi connectivity index (χ3v) is 3.41. The number of aryl methyl sites for hydroxylation is 1. The van der Waals surface area contributed by atoms with Gasteiger partial charge in [0, 0.05) is 23.0 Å². The Morgan fingerprint density at radius 1 is 1.32 bits per heavy atom. The van der Waals surface area contributed by atoms with Crippen molar-refractivity contribution in [2.45, 2.75) is 29.7 Å². The molecule has 19 heavy (non-hydrogen) atoms. The fourth-order valence-corrected chi connectivity index (χ4v) is 2.50. The fourth-order valence-electron chi connectivity index (χ4n) is 1.65. The van der Waals surface area contributed by atoms with Gasteiger partial charge in [-0.1, -0.05) is 25.1 Å². The van der Waals surface area contributed by atoms with Crippen LogP contribution in [0.25, 0.3) is 0 Å². The summed E-state index contributed by atoms with van der Waals surface area (Å²) < 4.78 is 0. The second-order valence-corrected chi connectivity index (χ2v) is 5.12. The van der Waals surface area contributed by atoms with Gasteiger partial charge in [-0.15, -0.1) is 0 Å². The lowest BCUT2D eigenvalue weighted by Crippen LogP contribution is -2.01. The molecule has 0 saturated heterocycles. The van der Waals surface area contributed by atoms with E-state index in [1.54, 1.807) is 24.5 Å². The lowest BCUT2D eigenvalue weighted by Gasteiger charge is -2.06. The highest BCUT2D eigenvalue weighted by Gasteiger charge is 2.09. The van der Waals surface area contributed by atoms with Crippen LogP contribution in [0.1, 0.15) is 29.4 Å². The number of carbonyl (C=O) groups is 1. The van der Waals surface area contributed by atoms with Crippen LogP contribution in [0.3, 0.4) is 0 Å². The van der Waals surface area contributed by atoms with Crippen molar-refractivity contribution in [3.05, 3.63) is 47.9 Å². The minimum absolute atomic E-state index is 0.287. The van der Waals surface area contributed by atoms with E-state index < -0.39 is 5.97 Å². The van der Waals surface area contributed by atoms with E-state index in [9.17, 15) is 4.79 Å². The Morgan fingerprint density at radius 3 is 2.68 bits per heavy atom. The van der Waals surface area contributed by atoms with Crippen LogP contribution in [0.5, 0.6) is 0 Å². The molecule has 0 fully saturated rings. The third kappa shape index (κ3) is 3.79. The molecule has 98 valence electrons. The smallest absolute Gasteiger partial charge is 0.335 e. The van der Waals surface area contributed by atoms with Gasteiger partial charge < -0.3 is 5.11 Å². The van der Waals surface area contributed by atoms with Crippen LogP contribution in [0.2, 0.25) is 0 Å². The maximum absolute atomic E-state index is 11.1.